The fourth-order valence-electron chi connectivity index (χ4n) is 1.66. The van der Waals surface area contributed by atoms with Crippen molar-refractivity contribution in [2.24, 2.45) is 16.6 Å². The lowest BCUT2D eigenvalue weighted by Gasteiger charge is -2.42. The molecule has 0 aromatic rings. The summed E-state index contributed by atoms with van der Waals surface area (Å²) in [6, 6.07) is 0. The third-order valence-electron chi connectivity index (χ3n) is 3.76. The topological polar surface area (TPSA) is 26.0 Å². The highest BCUT2D eigenvalue weighted by atomic mass is 14.5. The summed E-state index contributed by atoms with van der Waals surface area (Å²) in [5.74, 6) is 0. The largest absolute Gasteiger partial charge is 0.330 e. The molecule has 13 heavy (non-hydrogen) atoms. The highest BCUT2D eigenvalue weighted by Gasteiger charge is 2.35. The molecule has 0 saturated heterocycles. The maximum atomic E-state index is 5.64. The smallest absolute Gasteiger partial charge is 0.00720 e. The van der Waals surface area contributed by atoms with E-state index in [9.17, 15) is 0 Å². The van der Waals surface area contributed by atoms with Crippen LogP contribution in [0.15, 0.2) is 0 Å². The van der Waals surface area contributed by atoms with Crippen molar-refractivity contribution in [2.75, 3.05) is 6.54 Å². The predicted molar refractivity (Wildman–Crippen MR) is 60.8 cm³/mol. The first-order chi connectivity index (χ1) is 5.87. The maximum Gasteiger partial charge on any atom is -0.00720 e. The van der Waals surface area contributed by atoms with Gasteiger partial charge in [0.15, 0.2) is 0 Å². The summed E-state index contributed by atoms with van der Waals surface area (Å²) in [5, 5.41) is 0. The van der Waals surface area contributed by atoms with Gasteiger partial charge in [0.2, 0.25) is 0 Å². The van der Waals surface area contributed by atoms with Gasteiger partial charge in [-0.05, 0) is 30.2 Å². The molecule has 1 nitrogen and oxygen atoms in total. The Labute approximate surface area is 84.1 Å². The molecule has 80 valence electrons. The lowest BCUT2D eigenvalue weighted by molar-refractivity contribution is 0.0880. The first kappa shape index (κ1) is 13.0. The van der Waals surface area contributed by atoms with Gasteiger partial charge in [0, 0.05) is 0 Å². The van der Waals surface area contributed by atoms with Crippen LogP contribution in [0.5, 0.6) is 0 Å². The third-order valence-corrected chi connectivity index (χ3v) is 3.76. The molecule has 0 aromatic heterocycles. The second kappa shape index (κ2) is 4.99. The minimum Gasteiger partial charge on any atom is -0.330 e. The van der Waals surface area contributed by atoms with Crippen molar-refractivity contribution in [3.63, 3.8) is 0 Å². The van der Waals surface area contributed by atoms with Gasteiger partial charge in [-0.1, -0.05) is 47.5 Å². The molecule has 0 fully saturated rings. The van der Waals surface area contributed by atoms with Gasteiger partial charge in [-0.2, -0.15) is 0 Å². The molecular weight excluding hydrogens is 158 g/mol. The Hall–Kier alpha value is -0.0400. The van der Waals surface area contributed by atoms with Gasteiger partial charge in [0.25, 0.3) is 0 Å². The monoisotopic (exact) mass is 185 g/mol. The van der Waals surface area contributed by atoms with Crippen molar-refractivity contribution >= 4 is 0 Å². The number of hydrogen-bond acceptors (Lipinski definition) is 1. The Morgan fingerprint density at radius 2 is 1.38 bits per heavy atom. The van der Waals surface area contributed by atoms with Crippen LogP contribution in [0.4, 0.5) is 0 Å². The number of rotatable bonds is 6. The minimum absolute atomic E-state index is 0.372. The highest BCUT2D eigenvalue weighted by Crippen LogP contribution is 2.44. The van der Waals surface area contributed by atoms with Gasteiger partial charge in [0.05, 0.1) is 0 Å². The second-order valence-electron chi connectivity index (χ2n) is 5.41. The van der Waals surface area contributed by atoms with Gasteiger partial charge >= 0.3 is 0 Å². The normalized spacial score (nSPS) is 13.4. The van der Waals surface area contributed by atoms with E-state index < -0.39 is 0 Å². The summed E-state index contributed by atoms with van der Waals surface area (Å²) in [7, 11) is 0. The van der Waals surface area contributed by atoms with E-state index in [1.54, 1.807) is 0 Å². The molecule has 1 heteroatoms. The molecule has 0 rings (SSSR count). The average Bonchev–Trinajstić information content (AvgIpc) is 2.00. The summed E-state index contributed by atoms with van der Waals surface area (Å²) in [4.78, 5) is 0. The first-order valence-electron chi connectivity index (χ1n) is 5.57. The van der Waals surface area contributed by atoms with Crippen LogP contribution in [-0.2, 0) is 0 Å². The predicted octanol–water partition coefficient (Wildman–Crippen LogP) is 3.58. The van der Waals surface area contributed by atoms with Gasteiger partial charge in [-0.3, -0.25) is 0 Å². The van der Waals surface area contributed by atoms with Crippen LogP contribution in [0.25, 0.3) is 0 Å². The lowest BCUT2D eigenvalue weighted by Crippen LogP contribution is -2.34. The van der Waals surface area contributed by atoms with Crippen LogP contribution in [0.3, 0.4) is 0 Å². The molecule has 0 bridgehead atoms. The third kappa shape index (κ3) is 3.68. The Bertz CT molecular complexity index is 136. The molecule has 0 amide bonds. The van der Waals surface area contributed by atoms with Gasteiger partial charge in [0.1, 0.15) is 0 Å². The average molecular weight is 185 g/mol. The van der Waals surface area contributed by atoms with Crippen molar-refractivity contribution in [2.45, 2.75) is 60.3 Å². The molecule has 0 unspecified atom stereocenters. The number of unbranched alkanes of at least 4 members (excludes halogenated alkanes) is 1. The Morgan fingerprint density at radius 1 is 0.923 bits per heavy atom. The molecule has 2 N–H and O–H groups in total. The number of nitrogens with two attached hydrogens (primary N) is 1. The molecule has 0 aliphatic heterocycles. The minimum atomic E-state index is 0.372. The standard InChI is InChI=1S/C12H27N/c1-6-7-8-11(2,3)12(4,5)9-10-13/h6-10,13H2,1-5H3. The van der Waals surface area contributed by atoms with E-state index in [2.05, 4.69) is 34.6 Å². The molecule has 0 aromatic carbocycles. The molecule has 0 spiro atoms. The van der Waals surface area contributed by atoms with Crippen molar-refractivity contribution < 1.29 is 0 Å². The molecule has 0 saturated carbocycles. The molecule has 0 aliphatic rings. The molecule has 0 radical (unpaired) electrons. The van der Waals surface area contributed by atoms with E-state index in [-0.39, 0.29) is 0 Å². The van der Waals surface area contributed by atoms with Gasteiger partial charge in [-0.15, -0.1) is 0 Å². The van der Waals surface area contributed by atoms with E-state index in [0.29, 0.717) is 10.8 Å². The SMILES string of the molecule is CCCCC(C)(C)C(C)(C)CCN. The quantitative estimate of drug-likeness (QED) is 0.672. The fourth-order valence-corrected chi connectivity index (χ4v) is 1.66. The molecule has 0 aliphatic carbocycles. The summed E-state index contributed by atoms with van der Waals surface area (Å²) in [5.41, 5.74) is 6.43. The Morgan fingerprint density at radius 3 is 1.77 bits per heavy atom. The van der Waals surface area contributed by atoms with Crippen molar-refractivity contribution in [3.05, 3.63) is 0 Å². The van der Waals surface area contributed by atoms with E-state index >= 15 is 0 Å². The second-order valence-corrected chi connectivity index (χ2v) is 5.41. The zero-order valence-corrected chi connectivity index (χ0v) is 10.1. The van der Waals surface area contributed by atoms with Crippen LogP contribution in [0.1, 0.15) is 60.3 Å². The van der Waals surface area contributed by atoms with Crippen molar-refractivity contribution in [1.82, 2.24) is 0 Å². The zero-order valence-electron chi connectivity index (χ0n) is 10.1. The summed E-state index contributed by atoms with van der Waals surface area (Å²) < 4.78 is 0. The zero-order chi connectivity index (χ0) is 10.5. The van der Waals surface area contributed by atoms with E-state index in [1.165, 1.54) is 19.3 Å². The Kier molecular flexibility index (Phi) is 4.98. The fraction of sp³-hybridized carbons (Fsp3) is 1.00. The summed E-state index contributed by atoms with van der Waals surface area (Å²) in [6.45, 7) is 12.5. The van der Waals surface area contributed by atoms with E-state index in [1.807, 2.05) is 0 Å². The first-order valence-corrected chi connectivity index (χ1v) is 5.57. The molecule has 0 atom stereocenters. The van der Waals surface area contributed by atoms with Crippen LogP contribution >= 0.6 is 0 Å². The van der Waals surface area contributed by atoms with Gasteiger partial charge < -0.3 is 5.73 Å². The molecule has 0 heterocycles. The van der Waals surface area contributed by atoms with Crippen LogP contribution in [-0.4, -0.2) is 6.54 Å². The van der Waals surface area contributed by atoms with Crippen molar-refractivity contribution in [1.29, 1.82) is 0 Å². The number of hydrogen-bond donors (Lipinski definition) is 1. The van der Waals surface area contributed by atoms with Crippen LogP contribution in [0, 0.1) is 10.8 Å². The van der Waals surface area contributed by atoms with E-state index in [4.69, 9.17) is 5.73 Å². The van der Waals surface area contributed by atoms with E-state index in [0.717, 1.165) is 13.0 Å². The summed E-state index contributed by atoms with van der Waals surface area (Å²) >= 11 is 0. The summed E-state index contributed by atoms with van der Waals surface area (Å²) in [6.07, 6.45) is 5.07. The Balaban J connectivity index is 4.22. The molecular formula is C12H27N. The van der Waals surface area contributed by atoms with Crippen LogP contribution in [0.2, 0.25) is 0 Å². The highest BCUT2D eigenvalue weighted by molar-refractivity contribution is 4.85. The van der Waals surface area contributed by atoms with Crippen LogP contribution < -0.4 is 5.73 Å². The maximum absolute atomic E-state index is 5.64. The lowest BCUT2D eigenvalue weighted by atomic mass is 9.64. The van der Waals surface area contributed by atoms with Crippen molar-refractivity contribution in [3.8, 4) is 0 Å². The van der Waals surface area contributed by atoms with Gasteiger partial charge in [-0.25, -0.2) is 0 Å².